The minimum absolute atomic E-state index is 0.00870. The number of hydrogen-bond acceptors (Lipinski definition) is 3. The predicted molar refractivity (Wildman–Crippen MR) is 81.6 cm³/mol. The molecule has 4 nitrogen and oxygen atoms in total. The summed E-state index contributed by atoms with van der Waals surface area (Å²) < 4.78 is 18.1. The van der Waals surface area contributed by atoms with Gasteiger partial charge >= 0.3 is 0 Å². The SMILES string of the molecule is N#CCOc1ccc(/C=C/C(=O)Nc2cccc(F)c2)cc1. The number of amides is 1. The van der Waals surface area contributed by atoms with Crippen molar-refractivity contribution in [3.8, 4) is 11.8 Å². The van der Waals surface area contributed by atoms with E-state index in [-0.39, 0.29) is 12.5 Å². The number of ether oxygens (including phenoxy) is 1. The minimum atomic E-state index is -0.408. The van der Waals surface area contributed by atoms with Crippen LogP contribution in [0.2, 0.25) is 0 Å². The average Bonchev–Trinajstić information content (AvgIpc) is 2.52. The third-order valence-electron chi connectivity index (χ3n) is 2.70. The lowest BCUT2D eigenvalue weighted by molar-refractivity contribution is -0.111. The maximum atomic E-state index is 13.0. The highest BCUT2D eigenvalue weighted by Crippen LogP contribution is 2.13. The van der Waals surface area contributed by atoms with Crippen LogP contribution < -0.4 is 10.1 Å². The number of hydrogen-bond donors (Lipinski definition) is 1. The summed E-state index contributed by atoms with van der Waals surface area (Å²) in [6, 6.07) is 14.5. The molecule has 5 heteroatoms. The van der Waals surface area contributed by atoms with E-state index in [1.165, 1.54) is 24.3 Å². The third-order valence-corrected chi connectivity index (χ3v) is 2.70. The lowest BCUT2D eigenvalue weighted by atomic mass is 10.2. The predicted octanol–water partition coefficient (Wildman–Crippen LogP) is 3.38. The number of carbonyl (C=O) groups excluding carboxylic acids is 1. The molecule has 0 aliphatic heterocycles. The van der Waals surface area contributed by atoms with Gasteiger partial charge in [0.2, 0.25) is 5.91 Å². The van der Waals surface area contributed by atoms with Gasteiger partial charge < -0.3 is 10.1 Å². The van der Waals surface area contributed by atoms with E-state index in [1.54, 1.807) is 36.4 Å². The fraction of sp³-hybridized carbons (Fsp3) is 0.0588. The van der Waals surface area contributed by atoms with Gasteiger partial charge in [-0.25, -0.2) is 4.39 Å². The van der Waals surface area contributed by atoms with E-state index in [0.717, 1.165) is 5.56 Å². The zero-order valence-electron chi connectivity index (χ0n) is 11.6. The van der Waals surface area contributed by atoms with Crippen LogP contribution >= 0.6 is 0 Å². The van der Waals surface area contributed by atoms with Gasteiger partial charge in [-0.1, -0.05) is 18.2 Å². The standard InChI is InChI=1S/C17H13FN2O2/c18-14-2-1-3-15(12-14)20-17(21)9-6-13-4-7-16(8-5-13)22-11-10-19/h1-9,12H,11H2,(H,20,21)/b9-6+. The van der Waals surface area contributed by atoms with Crippen LogP contribution in [-0.4, -0.2) is 12.5 Å². The first-order valence-corrected chi connectivity index (χ1v) is 6.52. The van der Waals surface area contributed by atoms with Crippen molar-refractivity contribution in [1.82, 2.24) is 0 Å². The Bertz CT molecular complexity index is 718. The van der Waals surface area contributed by atoms with Crippen LogP contribution in [0.15, 0.2) is 54.6 Å². The molecule has 2 aromatic rings. The Balaban J connectivity index is 1.93. The van der Waals surface area contributed by atoms with Crippen molar-refractivity contribution in [1.29, 1.82) is 5.26 Å². The number of halogens is 1. The molecular formula is C17H13FN2O2. The summed E-state index contributed by atoms with van der Waals surface area (Å²) >= 11 is 0. The Morgan fingerprint density at radius 2 is 2.05 bits per heavy atom. The molecule has 0 saturated carbocycles. The number of rotatable bonds is 5. The van der Waals surface area contributed by atoms with Crippen LogP contribution in [0.25, 0.3) is 6.08 Å². The molecule has 0 spiro atoms. The Morgan fingerprint density at radius 1 is 1.27 bits per heavy atom. The van der Waals surface area contributed by atoms with Crippen molar-refractivity contribution in [3.05, 3.63) is 66.0 Å². The minimum Gasteiger partial charge on any atom is -0.479 e. The molecule has 0 aromatic heterocycles. The number of benzene rings is 2. The molecule has 0 unspecified atom stereocenters. The second kappa shape index (κ2) is 7.60. The largest absolute Gasteiger partial charge is 0.479 e. The molecular weight excluding hydrogens is 283 g/mol. The maximum absolute atomic E-state index is 13.0. The molecule has 0 radical (unpaired) electrons. The third kappa shape index (κ3) is 4.76. The molecule has 2 aromatic carbocycles. The smallest absolute Gasteiger partial charge is 0.248 e. The lowest BCUT2D eigenvalue weighted by Crippen LogP contribution is -2.07. The van der Waals surface area contributed by atoms with Gasteiger partial charge in [-0.05, 0) is 42.0 Å². The number of nitriles is 1. The van der Waals surface area contributed by atoms with Crippen LogP contribution in [-0.2, 0) is 4.79 Å². The normalized spacial score (nSPS) is 10.2. The monoisotopic (exact) mass is 296 g/mol. The van der Waals surface area contributed by atoms with Crippen LogP contribution in [0.1, 0.15) is 5.56 Å². The summed E-state index contributed by atoms with van der Waals surface area (Å²) in [6.07, 6.45) is 2.98. The molecule has 110 valence electrons. The summed E-state index contributed by atoms with van der Waals surface area (Å²) in [5, 5.41) is 11.0. The molecule has 0 aliphatic rings. The van der Waals surface area contributed by atoms with Crippen molar-refractivity contribution in [3.63, 3.8) is 0 Å². The van der Waals surface area contributed by atoms with E-state index >= 15 is 0 Å². The highest BCUT2D eigenvalue weighted by atomic mass is 19.1. The van der Waals surface area contributed by atoms with Gasteiger partial charge in [0.05, 0.1) is 0 Å². The molecule has 1 N–H and O–H groups in total. The first-order valence-electron chi connectivity index (χ1n) is 6.52. The fourth-order valence-corrected chi connectivity index (χ4v) is 1.71. The Labute approximate surface area is 127 Å². The van der Waals surface area contributed by atoms with Crippen molar-refractivity contribution in [2.75, 3.05) is 11.9 Å². The highest BCUT2D eigenvalue weighted by molar-refractivity contribution is 6.01. The van der Waals surface area contributed by atoms with Crippen LogP contribution in [0, 0.1) is 17.1 Å². The Morgan fingerprint density at radius 3 is 2.73 bits per heavy atom. The topological polar surface area (TPSA) is 62.1 Å². The highest BCUT2D eigenvalue weighted by Gasteiger charge is 1.99. The second-order valence-corrected chi connectivity index (χ2v) is 4.35. The Hall–Kier alpha value is -3.13. The zero-order valence-corrected chi connectivity index (χ0v) is 11.6. The summed E-state index contributed by atoms with van der Waals surface area (Å²) in [7, 11) is 0. The first-order chi connectivity index (χ1) is 10.7. The summed E-state index contributed by atoms with van der Waals surface area (Å²) in [6.45, 7) is -0.00870. The van der Waals surface area contributed by atoms with E-state index in [0.29, 0.717) is 11.4 Å². The fourth-order valence-electron chi connectivity index (χ4n) is 1.71. The van der Waals surface area contributed by atoms with Crippen molar-refractivity contribution in [2.24, 2.45) is 0 Å². The van der Waals surface area contributed by atoms with Gasteiger partial charge in [0.25, 0.3) is 0 Å². The van der Waals surface area contributed by atoms with E-state index in [4.69, 9.17) is 10.00 Å². The maximum Gasteiger partial charge on any atom is 0.248 e. The first kappa shape index (κ1) is 15.3. The van der Waals surface area contributed by atoms with Gasteiger partial charge in [-0.15, -0.1) is 0 Å². The average molecular weight is 296 g/mol. The van der Waals surface area contributed by atoms with Crippen molar-refractivity contribution in [2.45, 2.75) is 0 Å². The molecule has 0 saturated heterocycles. The summed E-state index contributed by atoms with van der Waals surface area (Å²) in [4.78, 5) is 11.7. The summed E-state index contributed by atoms with van der Waals surface area (Å²) in [5.41, 5.74) is 1.20. The van der Waals surface area contributed by atoms with Gasteiger partial charge in [0, 0.05) is 11.8 Å². The van der Waals surface area contributed by atoms with E-state index in [9.17, 15) is 9.18 Å². The zero-order chi connectivity index (χ0) is 15.8. The van der Waals surface area contributed by atoms with E-state index in [1.807, 2.05) is 6.07 Å². The van der Waals surface area contributed by atoms with Gasteiger partial charge in [-0.3, -0.25) is 4.79 Å². The van der Waals surface area contributed by atoms with E-state index < -0.39 is 5.82 Å². The quantitative estimate of drug-likeness (QED) is 0.860. The van der Waals surface area contributed by atoms with Crippen LogP contribution in [0.3, 0.4) is 0 Å². The van der Waals surface area contributed by atoms with Crippen LogP contribution in [0.5, 0.6) is 5.75 Å². The molecule has 22 heavy (non-hydrogen) atoms. The Kier molecular flexibility index (Phi) is 5.27. The van der Waals surface area contributed by atoms with E-state index in [2.05, 4.69) is 5.32 Å². The van der Waals surface area contributed by atoms with Crippen molar-refractivity contribution < 1.29 is 13.9 Å². The molecule has 0 heterocycles. The molecule has 0 fully saturated rings. The van der Waals surface area contributed by atoms with Crippen molar-refractivity contribution >= 4 is 17.7 Å². The number of nitrogens with zero attached hydrogens (tertiary/aromatic N) is 1. The molecule has 0 aliphatic carbocycles. The van der Waals surface area contributed by atoms with Gasteiger partial charge in [0.1, 0.15) is 17.6 Å². The molecule has 1 amide bonds. The summed E-state index contributed by atoms with van der Waals surface area (Å²) in [5.74, 6) is -0.173. The molecule has 2 rings (SSSR count). The molecule has 0 atom stereocenters. The number of anilines is 1. The van der Waals surface area contributed by atoms with Gasteiger partial charge in [-0.2, -0.15) is 5.26 Å². The second-order valence-electron chi connectivity index (χ2n) is 4.35. The molecule has 0 bridgehead atoms. The van der Waals surface area contributed by atoms with Crippen LogP contribution in [0.4, 0.5) is 10.1 Å². The number of nitrogens with one attached hydrogen (secondary N) is 1. The van der Waals surface area contributed by atoms with Gasteiger partial charge in [0.15, 0.2) is 6.61 Å². The number of carbonyl (C=O) groups is 1. The lowest BCUT2D eigenvalue weighted by Gasteiger charge is -2.02.